The number of piperidine rings is 1. The van der Waals surface area contributed by atoms with Gasteiger partial charge in [-0.05, 0) is 62.8 Å². The van der Waals surface area contributed by atoms with E-state index in [0.29, 0.717) is 17.9 Å². The minimum Gasteiger partial charge on any atom is -0.396 e. The standard InChI is InChI=1S/C25H33ClN6O/c26-19-10-11-20-21(12-14-28-22(20)18-19)27-13-4-1-3-8-23-29-24(9-7-17-33)31-25(30-23)32-15-5-2-6-16-32/h10-12,14,18,33H,1-9,13,15-17H2,(H,27,28). The fraction of sp³-hybridized carbons (Fsp3) is 0.520. The summed E-state index contributed by atoms with van der Waals surface area (Å²) in [7, 11) is 0. The second-order valence-corrected chi connectivity index (χ2v) is 9.04. The van der Waals surface area contributed by atoms with Gasteiger partial charge >= 0.3 is 0 Å². The van der Waals surface area contributed by atoms with E-state index < -0.39 is 0 Å². The molecular weight excluding hydrogens is 436 g/mol. The lowest BCUT2D eigenvalue weighted by Crippen LogP contribution is -2.31. The number of benzene rings is 1. The van der Waals surface area contributed by atoms with Gasteiger partial charge in [0.05, 0.1) is 5.52 Å². The van der Waals surface area contributed by atoms with Gasteiger partial charge in [0, 0.05) is 61.4 Å². The largest absolute Gasteiger partial charge is 0.396 e. The Bertz CT molecular complexity index is 1040. The zero-order chi connectivity index (χ0) is 22.9. The second kappa shape index (κ2) is 12.1. The Morgan fingerprint density at radius 2 is 1.70 bits per heavy atom. The number of aromatic nitrogens is 4. The summed E-state index contributed by atoms with van der Waals surface area (Å²) in [5, 5.41) is 14.5. The molecule has 1 aromatic carbocycles. The predicted octanol–water partition coefficient (Wildman–Crippen LogP) is 4.81. The number of nitrogens with one attached hydrogen (secondary N) is 1. The molecule has 0 amide bonds. The monoisotopic (exact) mass is 468 g/mol. The molecule has 1 fully saturated rings. The van der Waals surface area contributed by atoms with E-state index in [4.69, 9.17) is 16.6 Å². The summed E-state index contributed by atoms with van der Waals surface area (Å²) >= 11 is 6.08. The van der Waals surface area contributed by atoms with Crippen molar-refractivity contribution in [2.75, 3.05) is 36.5 Å². The Hall–Kier alpha value is -2.51. The van der Waals surface area contributed by atoms with E-state index >= 15 is 0 Å². The van der Waals surface area contributed by atoms with Crippen LogP contribution in [0.5, 0.6) is 0 Å². The number of anilines is 2. The number of fused-ring (bicyclic) bond motifs is 1. The highest BCUT2D eigenvalue weighted by Gasteiger charge is 2.16. The van der Waals surface area contributed by atoms with Crippen molar-refractivity contribution in [3.63, 3.8) is 0 Å². The van der Waals surface area contributed by atoms with Crippen molar-refractivity contribution in [2.24, 2.45) is 0 Å². The lowest BCUT2D eigenvalue weighted by molar-refractivity contribution is 0.287. The predicted molar refractivity (Wildman–Crippen MR) is 134 cm³/mol. The van der Waals surface area contributed by atoms with Crippen LogP contribution in [0.3, 0.4) is 0 Å². The molecule has 0 radical (unpaired) electrons. The van der Waals surface area contributed by atoms with Crippen LogP contribution in [0.4, 0.5) is 11.6 Å². The van der Waals surface area contributed by atoms with Gasteiger partial charge in [0.15, 0.2) is 0 Å². The maximum absolute atomic E-state index is 9.19. The number of hydrogen-bond acceptors (Lipinski definition) is 7. The van der Waals surface area contributed by atoms with Crippen molar-refractivity contribution >= 4 is 34.1 Å². The van der Waals surface area contributed by atoms with Crippen molar-refractivity contribution in [1.82, 2.24) is 19.9 Å². The Labute approximate surface area is 200 Å². The Kier molecular flexibility index (Phi) is 8.66. The van der Waals surface area contributed by atoms with Gasteiger partial charge in [0.2, 0.25) is 5.95 Å². The average molecular weight is 469 g/mol. The summed E-state index contributed by atoms with van der Waals surface area (Å²) in [5.74, 6) is 2.50. The molecule has 33 heavy (non-hydrogen) atoms. The minimum absolute atomic E-state index is 0.160. The van der Waals surface area contributed by atoms with E-state index in [0.717, 1.165) is 79.5 Å². The van der Waals surface area contributed by atoms with Gasteiger partial charge in [-0.3, -0.25) is 4.98 Å². The molecule has 176 valence electrons. The fourth-order valence-corrected chi connectivity index (χ4v) is 4.40. The van der Waals surface area contributed by atoms with Crippen LogP contribution >= 0.6 is 11.6 Å². The number of pyridine rings is 1. The highest BCUT2D eigenvalue weighted by molar-refractivity contribution is 6.31. The Morgan fingerprint density at radius 3 is 2.48 bits per heavy atom. The molecule has 0 aliphatic carbocycles. The van der Waals surface area contributed by atoms with Crippen molar-refractivity contribution < 1.29 is 5.11 Å². The number of nitrogens with zero attached hydrogens (tertiary/aromatic N) is 5. The van der Waals surface area contributed by atoms with E-state index in [2.05, 4.69) is 25.2 Å². The fourth-order valence-electron chi connectivity index (χ4n) is 4.23. The molecule has 1 aliphatic heterocycles. The number of hydrogen-bond donors (Lipinski definition) is 2. The maximum Gasteiger partial charge on any atom is 0.228 e. The molecule has 0 saturated carbocycles. The SMILES string of the molecule is OCCCc1nc(CCCCCNc2ccnc3cc(Cl)ccc23)nc(N2CCCCC2)n1. The first kappa shape index (κ1) is 23.6. The first-order valence-corrected chi connectivity index (χ1v) is 12.5. The van der Waals surface area contributed by atoms with Gasteiger partial charge in [0.1, 0.15) is 11.6 Å². The normalized spacial score (nSPS) is 14.1. The van der Waals surface area contributed by atoms with Gasteiger partial charge in [-0.25, -0.2) is 4.98 Å². The molecule has 8 heteroatoms. The van der Waals surface area contributed by atoms with Crippen LogP contribution < -0.4 is 10.2 Å². The third kappa shape index (κ3) is 6.74. The molecule has 3 aromatic rings. The van der Waals surface area contributed by atoms with Gasteiger partial charge in [-0.15, -0.1) is 0 Å². The second-order valence-electron chi connectivity index (χ2n) is 8.60. The first-order valence-electron chi connectivity index (χ1n) is 12.1. The van der Waals surface area contributed by atoms with Crippen molar-refractivity contribution in [3.05, 3.63) is 47.1 Å². The summed E-state index contributed by atoms with van der Waals surface area (Å²) in [5.41, 5.74) is 2.00. The van der Waals surface area contributed by atoms with E-state index in [1.54, 1.807) is 0 Å². The lowest BCUT2D eigenvalue weighted by atomic mass is 10.1. The van der Waals surface area contributed by atoms with Crippen LogP contribution in [-0.2, 0) is 12.8 Å². The molecule has 7 nitrogen and oxygen atoms in total. The van der Waals surface area contributed by atoms with Crippen LogP contribution in [0.2, 0.25) is 5.02 Å². The number of rotatable bonds is 11. The van der Waals surface area contributed by atoms with E-state index in [9.17, 15) is 5.11 Å². The molecule has 2 aromatic heterocycles. The quantitative estimate of drug-likeness (QED) is 0.390. The molecule has 0 unspecified atom stereocenters. The number of aliphatic hydroxyl groups excluding tert-OH is 1. The lowest BCUT2D eigenvalue weighted by Gasteiger charge is -2.27. The number of halogens is 1. The Balaban J connectivity index is 1.28. The summed E-state index contributed by atoms with van der Waals surface area (Å²) in [4.78, 5) is 20.8. The van der Waals surface area contributed by atoms with E-state index in [1.165, 1.54) is 19.3 Å². The molecule has 2 N–H and O–H groups in total. The molecule has 4 rings (SSSR count). The summed E-state index contributed by atoms with van der Waals surface area (Å²) < 4.78 is 0. The van der Waals surface area contributed by atoms with Crippen LogP contribution in [0, 0.1) is 0 Å². The highest BCUT2D eigenvalue weighted by Crippen LogP contribution is 2.24. The van der Waals surface area contributed by atoms with Gasteiger partial charge < -0.3 is 15.3 Å². The molecule has 0 bridgehead atoms. The molecule has 1 aliphatic rings. The van der Waals surface area contributed by atoms with Crippen LogP contribution in [0.1, 0.15) is 56.6 Å². The summed E-state index contributed by atoms with van der Waals surface area (Å²) in [6.45, 7) is 3.10. The smallest absolute Gasteiger partial charge is 0.228 e. The molecular formula is C25H33ClN6O. The maximum atomic E-state index is 9.19. The van der Waals surface area contributed by atoms with E-state index in [-0.39, 0.29) is 6.61 Å². The molecule has 1 saturated heterocycles. The summed E-state index contributed by atoms with van der Waals surface area (Å²) in [6, 6.07) is 7.82. The summed E-state index contributed by atoms with van der Waals surface area (Å²) in [6.07, 6.45) is 10.9. The van der Waals surface area contributed by atoms with Crippen LogP contribution in [-0.4, -0.2) is 51.3 Å². The Morgan fingerprint density at radius 1 is 0.909 bits per heavy atom. The average Bonchev–Trinajstić information content (AvgIpc) is 2.85. The van der Waals surface area contributed by atoms with Gasteiger partial charge in [-0.2, -0.15) is 9.97 Å². The van der Waals surface area contributed by atoms with Gasteiger partial charge in [-0.1, -0.05) is 18.0 Å². The molecule has 0 atom stereocenters. The van der Waals surface area contributed by atoms with Crippen LogP contribution in [0.25, 0.3) is 10.9 Å². The third-order valence-corrected chi connectivity index (χ3v) is 6.25. The van der Waals surface area contributed by atoms with Crippen molar-refractivity contribution in [3.8, 4) is 0 Å². The topological polar surface area (TPSA) is 87.1 Å². The number of unbranched alkanes of at least 4 members (excludes halogenated alkanes) is 2. The zero-order valence-corrected chi connectivity index (χ0v) is 19.9. The van der Waals surface area contributed by atoms with E-state index in [1.807, 2.05) is 30.5 Å². The minimum atomic E-state index is 0.160. The van der Waals surface area contributed by atoms with Crippen LogP contribution in [0.15, 0.2) is 30.5 Å². The third-order valence-electron chi connectivity index (χ3n) is 6.01. The first-order chi connectivity index (χ1) is 16.2. The molecule has 0 spiro atoms. The number of aryl methyl sites for hydroxylation is 2. The highest BCUT2D eigenvalue weighted by atomic mass is 35.5. The number of aliphatic hydroxyl groups is 1. The zero-order valence-electron chi connectivity index (χ0n) is 19.1. The van der Waals surface area contributed by atoms with Crippen molar-refractivity contribution in [2.45, 2.75) is 57.8 Å². The molecule has 3 heterocycles. The van der Waals surface area contributed by atoms with Gasteiger partial charge in [0.25, 0.3) is 0 Å². The van der Waals surface area contributed by atoms with Crippen molar-refractivity contribution in [1.29, 1.82) is 0 Å².